The lowest BCUT2D eigenvalue weighted by Gasteiger charge is -2.37. The lowest BCUT2D eigenvalue weighted by atomic mass is 9.79. The van der Waals surface area contributed by atoms with Crippen LogP contribution in [0.1, 0.15) is 33.1 Å². The first-order valence-corrected chi connectivity index (χ1v) is 8.22. The van der Waals surface area contributed by atoms with E-state index < -0.39 is 10.0 Å². The minimum atomic E-state index is -3.50. The Balaban J connectivity index is 2.14. The minimum absolute atomic E-state index is 0.0000940. The third kappa shape index (κ3) is 2.50. The standard InChI is InChI=1S/C10H18N4O2S2/c1-3-10(2)4-6-14(7-5-10)18(15,16)9-13-12-8(11)17-9/h3-7H2,1-2H3,(H2,11,12). The molecule has 1 aromatic rings. The van der Waals surface area contributed by atoms with Crippen molar-refractivity contribution in [2.24, 2.45) is 5.41 Å². The zero-order valence-corrected chi connectivity index (χ0v) is 12.2. The molecule has 1 fully saturated rings. The van der Waals surface area contributed by atoms with Gasteiger partial charge >= 0.3 is 0 Å². The summed E-state index contributed by atoms with van der Waals surface area (Å²) < 4.78 is 26.0. The fourth-order valence-corrected chi connectivity index (χ4v) is 4.42. The molecule has 8 heteroatoms. The molecule has 0 bridgehead atoms. The van der Waals surface area contributed by atoms with Crippen LogP contribution in [0.25, 0.3) is 0 Å². The number of aromatic nitrogens is 2. The molecule has 2 N–H and O–H groups in total. The third-order valence-electron chi connectivity index (χ3n) is 3.77. The Morgan fingerprint density at radius 3 is 2.44 bits per heavy atom. The van der Waals surface area contributed by atoms with E-state index in [9.17, 15) is 8.42 Å². The molecule has 1 aromatic heterocycles. The van der Waals surface area contributed by atoms with Crippen LogP contribution in [0.15, 0.2) is 4.34 Å². The van der Waals surface area contributed by atoms with Crippen molar-refractivity contribution in [1.82, 2.24) is 14.5 Å². The number of nitrogens with zero attached hydrogens (tertiary/aromatic N) is 3. The van der Waals surface area contributed by atoms with Crippen molar-refractivity contribution in [2.45, 2.75) is 37.4 Å². The molecule has 0 amide bonds. The molecule has 1 saturated heterocycles. The molecule has 2 heterocycles. The second-order valence-corrected chi connectivity index (χ2v) is 8.10. The van der Waals surface area contributed by atoms with Crippen LogP contribution in [-0.2, 0) is 10.0 Å². The Bertz CT molecular complexity index is 518. The Morgan fingerprint density at radius 2 is 2.00 bits per heavy atom. The van der Waals surface area contributed by atoms with Gasteiger partial charge in [0.25, 0.3) is 10.0 Å². The first-order valence-electron chi connectivity index (χ1n) is 5.96. The minimum Gasteiger partial charge on any atom is -0.374 e. The third-order valence-corrected chi connectivity index (χ3v) is 6.76. The molecule has 0 aliphatic carbocycles. The monoisotopic (exact) mass is 290 g/mol. The molecule has 0 spiro atoms. The van der Waals surface area contributed by atoms with Gasteiger partial charge < -0.3 is 5.73 Å². The zero-order chi connectivity index (χ0) is 13.4. The van der Waals surface area contributed by atoms with Crippen molar-refractivity contribution < 1.29 is 8.42 Å². The van der Waals surface area contributed by atoms with Crippen molar-refractivity contribution in [3.63, 3.8) is 0 Å². The van der Waals surface area contributed by atoms with Gasteiger partial charge in [0.15, 0.2) is 0 Å². The largest absolute Gasteiger partial charge is 0.374 e. The summed E-state index contributed by atoms with van der Waals surface area (Å²) in [4.78, 5) is 0. The van der Waals surface area contributed by atoms with Crippen LogP contribution < -0.4 is 5.73 Å². The van der Waals surface area contributed by atoms with Crippen LogP contribution in [0.3, 0.4) is 0 Å². The Kier molecular flexibility index (Phi) is 3.61. The van der Waals surface area contributed by atoms with Gasteiger partial charge in [-0.2, -0.15) is 4.31 Å². The van der Waals surface area contributed by atoms with Crippen molar-refractivity contribution in [3.05, 3.63) is 0 Å². The fourth-order valence-electron chi connectivity index (χ4n) is 2.06. The number of anilines is 1. The maximum Gasteiger partial charge on any atom is 0.272 e. The van der Waals surface area contributed by atoms with Crippen LogP contribution in [0.4, 0.5) is 5.13 Å². The Hall–Kier alpha value is -0.730. The predicted molar refractivity (Wildman–Crippen MR) is 70.7 cm³/mol. The van der Waals surface area contributed by atoms with E-state index in [0.717, 1.165) is 30.6 Å². The smallest absolute Gasteiger partial charge is 0.272 e. The van der Waals surface area contributed by atoms with Gasteiger partial charge in [0.05, 0.1) is 0 Å². The highest BCUT2D eigenvalue weighted by atomic mass is 32.2. The lowest BCUT2D eigenvalue weighted by Crippen LogP contribution is -2.41. The van der Waals surface area contributed by atoms with Crippen LogP contribution in [0, 0.1) is 5.41 Å². The molecule has 2 rings (SSSR count). The molecular formula is C10H18N4O2S2. The van der Waals surface area contributed by atoms with E-state index in [1.807, 2.05) is 0 Å². The summed E-state index contributed by atoms with van der Waals surface area (Å²) in [7, 11) is -3.50. The zero-order valence-electron chi connectivity index (χ0n) is 10.6. The van der Waals surface area contributed by atoms with Gasteiger partial charge in [-0.05, 0) is 18.3 Å². The van der Waals surface area contributed by atoms with Gasteiger partial charge in [0, 0.05) is 13.1 Å². The van der Waals surface area contributed by atoms with Gasteiger partial charge in [-0.25, -0.2) is 8.42 Å². The number of sulfonamides is 1. The molecule has 0 radical (unpaired) electrons. The molecule has 102 valence electrons. The van der Waals surface area contributed by atoms with Crippen molar-refractivity contribution in [2.75, 3.05) is 18.8 Å². The average molecular weight is 290 g/mol. The number of nitrogens with two attached hydrogens (primary N) is 1. The fraction of sp³-hybridized carbons (Fsp3) is 0.800. The van der Waals surface area contributed by atoms with Crippen LogP contribution in [0.2, 0.25) is 0 Å². The second kappa shape index (κ2) is 4.75. The maximum atomic E-state index is 12.3. The number of piperidine rings is 1. The molecule has 0 atom stereocenters. The second-order valence-electron chi connectivity index (χ2n) is 4.97. The van der Waals surface area contributed by atoms with Gasteiger partial charge in [0.1, 0.15) is 0 Å². The summed E-state index contributed by atoms with van der Waals surface area (Å²) in [6.07, 6.45) is 2.85. The van der Waals surface area contributed by atoms with Crippen LogP contribution in [-0.4, -0.2) is 36.0 Å². The van der Waals surface area contributed by atoms with E-state index >= 15 is 0 Å². The number of hydrogen-bond acceptors (Lipinski definition) is 6. The summed E-state index contributed by atoms with van der Waals surface area (Å²) in [6.45, 7) is 5.45. The summed E-state index contributed by atoms with van der Waals surface area (Å²) in [5, 5.41) is 7.38. The molecule has 1 aliphatic rings. The summed E-state index contributed by atoms with van der Waals surface area (Å²) in [5.74, 6) is 0. The molecule has 18 heavy (non-hydrogen) atoms. The van der Waals surface area contributed by atoms with Gasteiger partial charge in [-0.1, -0.05) is 31.6 Å². The van der Waals surface area contributed by atoms with E-state index in [2.05, 4.69) is 24.0 Å². The van der Waals surface area contributed by atoms with Crippen LogP contribution >= 0.6 is 11.3 Å². The van der Waals surface area contributed by atoms with Crippen molar-refractivity contribution in [1.29, 1.82) is 0 Å². The van der Waals surface area contributed by atoms with Gasteiger partial charge in [-0.15, -0.1) is 10.2 Å². The normalized spacial score (nSPS) is 21.0. The van der Waals surface area contributed by atoms with Gasteiger partial charge in [0.2, 0.25) is 9.47 Å². The molecular weight excluding hydrogens is 272 g/mol. The maximum absolute atomic E-state index is 12.3. The summed E-state index contributed by atoms with van der Waals surface area (Å²) >= 11 is 0.920. The Morgan fingerprint density at radius 1 is 1.39 bits per heavy atom. The average Bonchev–Trinajstić information content (AvgIpc) is 2.77. The highest BCUT2D eigenvalue weighted by Crippen LogP contribution is 2.36. The number of hydrogen-bond donors (Lipinski definition) is 1. The van der Waals surface area contributed by atoms with Gasteiger partial charge in [-0.3, -0.25) is 0 Å². The van der Waals surface area contributed by atoms with Crippen LogP contribution in [0.5, 0.6) is 0 Å². The van der Waals surface area contributed by atoms with Crippen molar-refractivity contribution in [3.8, 4) is 0 Å². The molecule has 0 saturated carbocycles. The highest BCUT2D eigenvalue weighted by Gasteiger charge is 2.35. The quantitative estimate of drug-likeness (QED) is 0.907. The topological polar surface area (TPSA) is 89.2 Å². The SMILES string of the molecule is CCC1(C)CCN(S(=O)(=O)c2nnc(N)s2)CC1. The molecule has 1 aliphatic heterocycles. The summed E-state index contributed by atoms with van der Waals surface area (Å²) in [5.41, 5.74) is 5.69. The predicted octanol–water partition coefficient (Wildman–Crippen LogP) is 1.32. The number of rotatable bonds is 3. The van der Waals surface area contributed by atoms with E-state index in [4.69, 9.17) is 5.73 Å². The lowest BCUT2D eigenvalue weighted by molar-refractivity contribution is 0.169. The van der Waals surface area contributed by atoms with E-state index in [0.29, 0.717) is 13.1 Å². The van der Waals surface area contributed by atoms with E-state index in [-0.39, 0.29) is 14.9 Å². The molecule has 0 aromatic carbocycles. The molecule has 6 nitrogen and oxygen atoms in total. The first kappa shape index (κ1) is 13.7. The van der Waals surface area contributed by atoms with E-state index in [1.54, 1.807) is 0 Å². The first-order chi connectivity index (χ1) is 8.37. The summed E-state index contributed by atoms with van der Waals surface area (Å²) in [6, 6.07) is 0. The highest BCUT2D eigenvalue weighted by molar-refractivity contribution is 7.91. The Labute approximate surface area is 111 Å². The molecule has 0 unspecified atom stereocenters. The van der Waals surface area contributed by atoms with E-state index in [1.165, 1.54) is 4.31 Å². The van der Waals surface area contributed by atoms with Crippen molar-refractivity contribution >= 4 is 26.5 Å². The number of nitrogen functional groups attached to an aromatic ring is 1.